The zero-order valence-corrected chi connectivity index (χ0v) is 20.9. The predicted molar refractivity (Wildman–Crippen MR) is 137 cm³/mol. The van der Waals surface area contributed by atoms with Gasteiger partial charge in [0, 0.05) is 30.1 Å². The molecular formula is C29H31NO5. The molecule has 1 atom stereocenters. The van der Waals surface area contributed by atoms with E-state index in [-0.39, 0.29) is 6.04 Å². The van der Waals surface area contributed by atoms with Gasteiger partial charge in [0.15, 0.2) is 22.8 Å². The van der Waals surface area contributed by atoms with Crippen LogP contribution >= 0.6 is 0 Å². The second-order valence-electron chi connectivity index (χ2n) is 8.86. The summed E-state index contributed by atoms with van der Waals surface area (Å²) in [5.41, 5.74) is 5.50. The minimum atomic E-state index is 0.247. The summed E-state index contributed by atoms with van der Waals surface area (Å²) >= 11 is 0. The molecule has 0 bridgehead atoms. The van der Waals surface area contributed by atoms with Crippen molar-refractivity contribution in [2.24, 2.45) is 0 Å². The van der Waals surface area contributed by atoms with Crippen LogP contribution in [0.1, 0.15) is 29.7 Å². The number of ether oxygens (including phenoxy) is 4. The highest BCUT2D eigenvalue weighted by Gasteiger charge is 2.26. The van der Waals surface area contributed by atoms with E-state index in [0.717, 1.165) is 64.8 Å². The van der Waals surface area contributed by atoms with Crippen LogP contribution in [0.4, 0.5) is 0 Å². The highest BCUT2D eigenvalue weighted by molar-refractivity contribution is 5.88. The van der Waals surface area contributed by atoms with Gasteiger partial charge >= 0.3 is 0 Å². The standard InChI is InChI=1S/C29H31NO5/c1-18-24-16-27(33-4)26(32-3)14-20(24)9-10-30(18)17-19-11-22-15-25(35-29(22)28(12-19)34-5)21-7-6-8-23(13-21)31-2/h6-8,11-16,18H,9-10,17H2,1-5H3. The minimum absolute atomic E-state index is 0.247. The van der Waals surface area contributed by atoms with E-state index >= 15 is 0 Å². The third kappa shape index (κ3) is 4.30. The molecule has 0 spiro atoms. The number of fused-ring (bicyclic) bond motifs is 2. The van der Waals surface area contributed by atoms with Crippen LogP contribution in [0.5, 0.6) is 23.0 Å². The summed E-state index contributed by atoms with van der Waals surface area (Å²) in [6.07, 6.45) is 0.963. The molecule has 0 amide bonds. The zero-order valence-electron chi connectivity index (χ0n) is 20.9. The average Bonchev–Trinajstić information content (AvgIpc) is 3.33. The van der Waals surface area contributed by atoms with Crippen LogP contribution in [0.15, 0.2) is 59.0 Å². The lowest BCUT2D eigenvalue weighted by atomic mass is 9.92. The van der Waals surface area contributed by atoms with Crippen molar-refractivity contribution in [3.05, 3.63) is 71.3 Å². The summed E-state index contributed by atoms with van der Waals surface area (Å²) in [6, 6.07) is 18.7. The van der Waals surface area contributed by atoms with Gasteiger partial charge in [-0.25, -0.2) is 0 Å². The molecule has 0 saturated heterocycles. The lowest BCUT2D eigenvalue weighted by molar-refractivity contribution is 0.188. The van der Waals surface area contributed by atoms with Gasteiger partial charge in [0.2, 0.25) is 0 Å². The second kappa shape index (κ2) is 9.55. The highest BCUT2D eigenvalue weighted by Crippen LogP contribution is 2.40. The molecule has 182 valence electrons. The molecule has 0 fully saturated rings. The number of hydrogen-bond acceptors (Lipinski definition) is 6. The van der Waals surface area contributed by atoms with Crippen molar-refractivity contribution in [1.29, 1.82) is 0 Å². The molecule has 0 N–H and O–H groups in total. The maximum absolute atomic E-state index is 6.22. The molecule has 4 aromatic rings. The third-order valence-corrected chi connectivity index (χ3v) is 6.91. The summed E-state index contributed by atoms with van der Waals surface area (Å²) in [6.45, 7) is 4.02. The van der Waals surface area contributed by atoms with Gasteiger partial charge in [-0.2, -0.15) is 0 Å². The molecular weight excluding hydrogens is 442 g/mol. The molecule has 1 aliphatic rings. The van der Waals surface area contributed by atoms with E-state index in [9.17, 15) is 0 Å². The maximum atomic E-state index is 6.22. The number of hydrogen-bond donors (Lipinski definition) is 0. The first-order valence-electron chi connectivity index (χ1n) is 11.8. The van der Waals surface area contributed by atoms with E-state index in [4.69, 9.17) is 23.4 Å². The average molecular weight is 474 g/mol. The number of nitrogens with zero attached hydrogens (tertiary/aromatic N) is 1. The van der Waals surface area contributed by atoms with Gasteiger partial charge < -0.3 is 23.4 Å². The van der Waals surface area contributed by atoms with Gasteiger partial charge in [-0.05, 0) is 72.5 Å². The molecule has 6 nitrogen and oxygen atoms in total. The Morgan fingerprint density at radius 3 is 2.37 bits per heavy atom. The molecule has 5 rings (SSSR count). The van der Waals surface area contributed by atoms with E-state index in [0.29, 0.717) is 0 Å². The fourth-order valence-corrected chi connectivity index (χ4v) is 4.99. The van der Waals surface area contributed by atoms with Gasteiger partial charge in [0.1, 0.15) is 11.5 Å². The topological polar surface area (TPSA) is 53.3 Å². The highest BCUT2D eigenvalue weighted by atomic mass is 16.5. The molecule has 1 aromatic heterocycles. The SMILES string of the molecule is COc1cccc(-c2cc3cc(CN4CCc5cc(OC)c(OC)cc5C4C)cc(OC)c3o2)c1. The Hall–Kier alpha value is -3.64. The Labute approximate surface area is 206 Å². The van der Waals surface area contributed by atoms with Gasteiger partial charge in [-0.15, -0.1) is 0 Å². The van der Waals surface area contributed by atoms with Crippen molar-refractivity contribution < 1.29 is 23.4 Å². The molecule has 1 aliphatic heterocycles. The molecule has 0 aliphatic carbocycles. The molecule has 35 heavy (non-hydrogen) atoms. The molecule has 6 heteroatoms. The Kier molecular flexibility index (Phi) is 6.31. The minimum Gasteiger partial charge on any atom is -0.497 e. The molecule has 3 aromatic carbocycles. The van der Waals surface area contributed by atoms with Crippen molar-refractivity contribution >= 4 is 11.0 Å². The second-order valence-corrected chi connectivity index (χ2v) is 8.86. The number of benzene rings is 3. The molecule has 1 unspecified atom stereocenters. The lowest BCUT2D eigenvalue weighted by Gasteiger charge is -2.35. The number of furan rings is 1. The van der Waals surface area contributed by atoms with Gasteiger partial charge in [0.25, 0.3) is 0 Å². The van der Waals surface area contributed by atoms with Crippen molar-refractivity contribution in [3.63, 3.8) is 0 Å². The summed E-state index contributed by atoms with van der Waals surface area (Å²) in [7, 11) is 6.72. The first-order chi connectivity index (χ1) is 17.0. The summed E-state index contributed by atoms with van der Waals surface area (Å²) in [5.74, 6) is 3.88. The quantitative estimate of drug-likeness (QED) is 0.316. The summed E-state index contributed by atoms with van der Waals surface area (Å²) < 4.78 is 28.4. The van der Waals surface area contributed by atoms with E-state index in [1.54, 1.807) is 28.4 Å². The van der Waals surface area contributed by atoms with E-state index in [1.165, 1.54) is 16.7 Å². The van der Waals surface area contributed by atoms with Crippen molar-refractivity contribution in [2.45, 2.75) is 25.9 Å². The first-order valence-corrected chi connectivity index (χ1v) is 11.8. The smallest absolute Gasteiger partial charge is 0.176 e. The van der Waals surface area contributed by atoms with Crippen LogP contribution in [-0.4, -0.2) is 39.9 Å². The third-order valence-electron chi connectivity index (χ3n) is 6.91. The van der Waals surface area contributed by atoms with Crippen LogP contribution in [0, 0.1) is 0 Å². The predicted octanol–water partition coefficient (Wildman–Crippen LogP) is 6.25. The monoisotopic (exact) mass is 473 g/mol. The van der Waals surface area contributed by atoms with Crippen LogP contribution in [0.25, 0.3) is 22.3 Å². The molecule has 0 radical (unpaired) electrons. The number of methoxy groups -OCH3 is 4. The van der Waals surface area contributed by atoms with Crippen LogP contribution in [0.2, 0.25) is 0 Å². The zero-order chi connectivity index (χ0) is 24.5. The Bertz CT molecular complexity index is 1360. The Morgan fingerprint density at radius 1 is 0.857 bits per heavy atom. The van der Waals surface area contributed by atoms with Crippen LogP contribution in [0.3, 0.4) is 0 Å². The summed E-state index contributed by atoms with van der Waals surface area (Å²) in [4.78, 5) is 2.48. The Morgan fingerprint density at radius 2 is 1.63 bits per heavy atom. The van der Waals surface area contributed by atoms with Crippen molar-refractivity contribution in [2.75, 3.05) is 35.0 Å². The van der Waals surface area contributed by atoms with Gasteiger partial charge in [-0.3, -0.25) is 4.90 Å². The molecule has 0 saturated carbocycles. The Balaban J connectivity index is 1.45. The largest absolute Gasteiger partial charge is 0.497 e. The first kappa shape index (κ1) is 23.1. The van der Waals surface area contributed by atoms with Gasteiger partial charge in [-0.1, -0.05) is 12.1 Å². The van der Waals surface area contributed by atoms with Crippen LogP contribution in [-0.2, 0) is 13.0 Å². The maximum Gasteiger partial charge on any atom is 0.176 e. The molecule has 2 heterocycles. The lowest BCUT2D eigenvalue weighted by Crippen LogP contribution is -2.33. The van der Waals surface area contributed by atoms with E-state index in [1.807, 2.05) is 24.3 Å². The van der Waals surface area contributed by atoms with Crippen LogP contribution < -0.4 is 18.9 Å². The van der Waals surface area contributed by atoms with Crippen molar-refractivity contribution in [3.8, 4) is 34.3 Å². The van der Waals surface area contributed by atoms with E-state index < -0.39 is 0 Å². The van der Waals surface area contributed by atoms with Crippen molar-refractivity contribution in [1.82, 2.24) is 4.90 Å². The summed E-state index contributed by atoms with van der Waals surface area (Å²) in [5, 5.41) is 1.02. The van der Waals surface area contributed by atoms with E-state index in [2.05, 4.69) is 42.2 Å². The fourth-order valence-electron chi connectivity index (χ4n) is 4.99. The fraction of sp³-hybridized carbons (Fsp3) is 0.310. The van der Waals surface area contributed by atoms with Gasteiger partial charge in [0.05, 0.1) is 28.4 Å². The number of rotatable bonds is 7. The normalized spacial score (nSPS) is 15.6.